The molecule has 0 radical (unpaired) electrons. The van der Waals surface area contributed by atoms with Gasteiger partial charge in [0.05, 0.1) is 6.04 Å². The molecular formula is C17H29N5O6. The van der Waals surface area contributed by atoms with Gasteiger partial charge in [0.1, 0.15) is 0 Å². The summed E-state index contributed by atoms with van der Waals surface area (Å²) < 4.78 is 4.99. The highest BCUT2D eigenvalue weighted by Crippen LogP contribution is 2.24. The van der Waals surface area contributed by atoms with Crippen LogP contribution in [0.1, 0.15) is 51.9 Å². The Morgan fingerprint density at radius 1 is 1.07 bits per heavy atom. The van der Waals surface area contributed by atoms with Crippen LogP contribution in [-0.2, 0) is 28.7 Å². The van der Waals surface area contributed by atoms with Gasteiger partial charge in [0.15, 0.2) is 0 Å². The molecule has 0 saturated heterocycles. The van der Waals surface area contributed by atoms with Crippen LogP contribution in [0.2, 0.25) is 0 Å². The van der Waals surface area contributed by atoms with E-state index >= 15 is 0 Å². The third-order valence-corrected chi connectivity index (χ3v) is 4.33. The van der Waals surface area contributed by atoms with Crippen LogP contribution in [0.5, 0.6) is 0 Å². The van der Waals surface area contributed by atoms with Crippen LogP contribution < -0.4 is 16.5 Å². The van der Waals surface area contributed by atoms with Crippen molar-refractivity contribution in [3.8, 4) is 0 Å². The van der Waals surface area contributed by atoms with E-state index < -0.39 is 29.5 Å². The van der Waals surface area contributed by atoms with Gasteiger partial charge in [-0.05, 0) is 19.3 Å². The number of nitrogens with one attached hydrogen (secondary N) is 2. The van der Waals surface area contributed by atoms with Crippen LogP contribution in [-0.4, -0.2) is 66.0 Å². The normalized spacial score (nSPS) is 14.4. The van der Waals surface area contributed by atoms with Crippen LogP contribution in [0.4, 0.5) is 0 Å². The number of nitrogens with two attached hydrogens (primary N) is 1. The standard InChI is InChI=1S/C17H29N5O6/c1-3-13(23)19-16(26)17(27)22(12-8-5-4-6-9-12)21(10-7-11-28-2)20-15(25)14(18)24/h12H,3-11H2,1-2H3,(H2,18,24)(H,20,25)(H,19,23,26). The Bertz CT molecular complexity index is 591. The van der Waals surface area contributed by atoms with E-state index in [1.807, 2.05) is 5.32 Å². The van der Waals surface area contributed by atoms with Gasteiger partial charge in [-0.1, -0.05) is 26.2 Å². The van der Waals surface area contributed by atoms with E-state index in [2.05, 4.69) is 5.43 Å². The summed E-state index contributed by atoms with van der Waals surface area (Å²) in [6.07, 6.45) is 4.37. The van der Waals surface area contributed by atoms with Gasteiger partial charge in [-0.3, -0.25) is 34.7 Å². The van der Waals surface area contributed by atoms with Crippen molar-refractivity contribution in [3.05, 3.63) is 0 Å². The molecule has 11 heteroatoms. The molecule has 1 rings (SSSR count). The molecule has 0 aromatic carbocycles. The Balaban J connectivity index is 3.11. The predicted molar refractivity (Wildman–Crippen MR) is 97.7 cm³/mol. The summed E-state index contributed by atoms with van der Waals surface area (Å²) in [7, 11) is 1.50. The number of rotatable bonds is 8. The van der Waals surface area contributed by atoms with Crippen molar-refractivity contribution in [1.29, 1.82) is 0 Å². The molecule has 0 unspecified atom stereocenters. The van der Waals surface area contributed by atoms with Gasteiger partial charge in [-0.15, -0.1) is 5.12 Å². The molecule has 0 spiro atoms. The number of carbonyl (C=O) groups is 5. The molecule has 0 atom stereocenters. The summed E-state index contributed by atoms with van der Waals surface area (Å²) in [5.41, 5.74) is 7.29. The summed E-state index contributed by atoms with van der Waals surface area (Å²) >= 11 is 0. The number of ether oxygens (including phenoxy) is 1. The smallest absolute Gasteiger partial charge is 0.328 e. The summed E-state index contributed by atoms with van der Waals surface area (Å²) in [5.74, 6) is -5.01. The van der Waals surface area contributed by atoms with E-state index in [4.69, 9.17) is 10.5 Å². The first-order chi connectivity index (χ1) is 13.3. The quantitative estimate of drug-likeness (QED) is 0.268. The molecule has 1 fully saturated rings. The Morgan fingerprint density at radius 3 is 2.25 bits per heavy atom. The van der Waals surface area contributed by atoms with Crippen molar-refractivity contribution in [3.63, 3.8) is 0 Å². The molecule has 1 aliphatic carbocycles. The topological polar surface area (TPSA) is 151 Å². The fourth-order valence-corrected chi connectivity index (χ4v) is 2.92. The fraction of sp³-hybridized carbons (Fsp3) is 0.706. The molecule has 5 amide bonds. The first-order valence-corrected chi connectivity index (χ1v) is 9.36. The Morgan fingerprint density at radius 2 is 1.71 bits per heavy atom. The van der Waals surface area contributed by atoms with Gasteiger partial charge in [0.2, 0.25) is 5.91 Å². The fourth-order valence-electron chi connectivity index (χ4n) is 2.92. The Labute approximate surface area is 163 Å². The lowest BCUT2D eigenvalue weighted by atomic mass is 9.95. The third kappa shape index (κ3) is 7.24. The number of hydrogen-bond acceptors (Lipinski definition) is 7. The van der Waals surface area contributed by atoms with E-state index in [1.165, 1.54) is 7.11 Å². The molecule has 0 aromatic rings. The Kier molecular flexibility index (Phi) is 10.1. The number of nitrogens with zero attached hydrogens (tertiary/aromatic N) is 2. The molecule has 1 saturated carbocycles. The van der Waals surface area contributed by atoms with E-state index in [1.54, 1.807) is 6.92 Å². The number of primary amides is 1. The minimum absolute atomic E-state index is 0.0401. The van der Waals surface area contributed by atoms with Gasteiger partial charge in [-0.2, -0.15) is 0 Å². The van der Waals surface area contributed by atoms with Crippen molar-refractivity contribution >= 4 is 29.5 Å². The monoisotopic (exact) mass is 399 g/mol. The highest BCUT2D eigenvalue weighted by atomic mass is 16.5. The van der Waals surface area contributed by atoms with Crippen LogP contribution in [0.15, 0.2) is 0 Å². The van der Waals surface area contributed by atoms with Gasteiger partial charge < -0.3 is 10.5 Å². The maximum atomic E-state index is 12.8. The van der Waals surface area contributed by atoms with E-state index in [0.29, 0.717) is 25.9 Å². The summed E-state index contributed by atoms with van der Waals surface area (Å²) in [5, 5.41) is 4.27. The van der Waals surface area contributed by atoms with Gasteiger partial charge >= 0.3 is 23.6 Å². The van der Waals surface area contributed by atoms with Crippen LogP contribution >= 0.6 is 0 Å². The molecule has 0 aromatic heterocycles. The van der Waals surface area contributed by atoms with Crippen LogP contribution in [0, 0.1) is 0 Å². The van der Waals surface area contributed by atoms with Crippen molar-refractivity contribution < 1.29 is 28.7 Å². The molecule has 4 N–H and O–H groups in total. The number of imide groups is 1. The van der Waals surface area contributed by atoms with E-state index in [9.17, 15) is 24.0 Å². The molecule has 28 heavy (non-hydrogen) atoms. The number of carbonyl (C=O) groups excluding carboxylic acids is 5. The molecule has 11 nitrogen and oxygen atoms in total. The first-order valence-electron chi connectivity index (χ1n) is 9.36. The largest absolute Gasteiger partial charge is 0.385 e. The van der Waals surface area contributed by atoms with Crippen molar-refractivity contribution in [2.75, 3.05) is 20.3 Å². The van der Waals surface area contributed by atoms with Crippen LogP contribution in [0.3, 0.4) is 0 Å². The zero-order valence-corrected chi connectivity index (χ0v) is 16.4. The minimum Gasteiger partial charge on any atom is -0.385 e. The minimum atomic E-state index is -1.22. The summed E-state index contributed by atoms with van der Waals surface area (Å²) in [4.78, 5) is 59.6. The number of hydrazine groups is 2. The first kappa shape index (κ1) is 23.5. The van der Waals surface area contributed by atoms with E-state index in [0.717, 1.165) is 29.4 Å². The maximum absolute atomic E-state index is 12.8. The second kappa shape index (κ2) is 12.0. The van der Waals surface area contributed by atoms with Crippen molar-refractivity contribution in [2.24, 2.45) is 5.73 Å². The average Bonchev–Trinajstić information content (AvgIpc) is 2.68. The lowest BCUT2D eigenvalue weighted by Crippen LogP contribution is -2.63. The maximum Gasteiger partial charge on any atom is 0.328 e. The third-order valence-electron chi connectivity index (χ3n) is 4.33. The van der Waals surface area contributed by atoms with Crippen molar-refractivity contribution in [1.82, 2.24) is 20.9 Å². The highest BCUT2D eigenvalue weighted by molar-refractivity contribution is 6.37. The molecule has 0 aliphatic heterocycles. The zero-order valence-electron chi connectivity index (χ0n) is 16.4. The molecule has 158 valence electrons. The molecule has 0 heterocycles. The second-order valence-corrected chi connectivity index (χ2v) is 6.45. The molecule has 0 bridgehead atoms. The Hall–Kier alpha value is -2.53. The SMILES string of the molecule is CCC(=O)NC(=O)C(=O)N(C1CCCCC1)N(CCCOC)NC(=O)C(N)=O. The highest BCUT2D eigenvalue weighted by Gasteiger charge is 2.35. The average molecular weight is 399 g/mol. The van der Waals surface area contributed by atoms with Gasteiger partial charge in [-0.25, -0.2) is 5.01 Å². The van der Waals surface area contributed by atoms with Gasteiger partial charge in [0.25, 0.3) is 0 Å². The van der Waals surface area contributed by atoms with Crippen LogP contribution in [0.25, 0.3) is 0 Å². The number of methoxy groups -OCH3 is 1. The van der Waals surface area contributed by atoms with Gasteiger partial charge in [0, 0.05) is 26.7 Å². The zero-order chi connectivity index (χ0) is 21.1. The van der Waals surface area contributed by atoms with E-state index in [-0.39, 0.29) is 19.0 Å². The number of hydrogen-bond donors (Lipinski definition) is 3. The molecule has 1 aliphatic rings. The number of amides is 5. The van der Waals surface area contributed by atoms with Crippen molar-refractivity contribution in [2.45, 2.75) is 57.9 Å². The predicted octanol–water partition coefficient (Wildman–Crippen LogP) is -1.03. The lowest BCUT2D eigenvalue weighted by Gasteiger charge is -2.40. The summed E-state index contributed by atoms with van der Waals surface area (Å²) in [6.45, 7) is 1.98. The second-order valence-electron chi connectivity index (χ2n) is 6.45. The lowest BCUT2D eigenvalue weighted by molar-refractivity contribution is -0.176. The molecular weight excluding hydrogens is 370 g/mol. The summed E-state index contributed by atoms with van der Waals surface area (Å²) in [6, 6.07) is -0.362.